The van der Waals surface area contributed by atoms with Crippen LogP contribution in [0.2, 0.25) is 0 Å². The van der Waals surface area contributed by atoms with Crippen LogP contribution in [-0.4, -0.2) is 33.5 Å². The molecule has 2 aliphatic rings. The number of aryl methyl sites for hydroxylation is 1. The van der Waals surface area contributed by atoms with Gasteiger partial charge in [-0.15, -0.1) is 0 Å². The van der Waals surface area contributed by atoms with E-state index in [1.54, 1.807) is 16.7 Å². The lowest BCUT2D eigenvalue weighted by Gasteiger charge is -2.24. The topological polar surface area (TPSA) is 66.2 Å². The number of fused-ring (bicyclic) bond motifs is 2. The molecule has 1 saturated heterocycles. The second-order valence-corrected chi connectivity index (χ2v) is 6.94. The largest absolute Gasteiger partial charge is 0.347 e. The van der Waals surface area contributed by atoms with Crippen molar-refractivity contribution < 1.29 is 13.9 Å². The van der Waals surface area contributed by atoms with Gasteiger partial charge in [0.05, 0.1) is 36.0 Å². The van der Waals surface area contributed by atoms with Crippen molar-refractivity contribution in [2.75, 3.05) is 13.2 Å². The summed E-state index contributed by atoms with van der Waals surface area (Å²) in [7, 11) is 0. The summed E-state index contributed by atoms with van der Waals surface area (Å²) >= 11 is 0. The molecule has 0 aliphatic carbocycles. The van der Waals surface area contributed by atoms with E-state index in [0.29, 0.717) is 55.6 Å². The maximum absolute atomic E-state index is 13.1. The molecule has 138 valence electrons. The molecule has 0 atom stereocenters. The van der Waals surface area contributed by atoms with Crippen molar-refractivity contribution in [3.63, 3.8) is 0 Å². The predicted molar refractivity (Wildman–Crippen MR) is 96.8 cm³/mol. The molecule has 0 N–H and O–H groups in total. The Morgan fingerprint density at radius 1 is 1.11 bits per heavy atom. The molecule has 0 bridgehead atoms. The van der Waals surface area contributed by atoms with Gasteiger partial charge >= 0.3 is 0 Å². The number of hydrogen-bond donors (Lipinski definition) is 0. The highest BCUT2D eigenvalue weighted by atomic mass is 19.1. The highest BCUT2D eigenvalue weighted by Crippen LogP contribution is 2.32. The van der Waals surface area contributed by atoms with Gasteiger partial charge in [-0.05, 0) is 24.3 Å². The van der Waals surface area contributed by atoms with Crippen molar-refractivity contribution in [2.45, 2.75) is 31.6 Å². The first-order valence-electron chi connectivity index (χ1n) is 9.07. The first kappa shape index (κ1) is 16.5. The van der Waals surface area contributed by atoms with Crippen LogP contribution in [0.1, 0.15) is 18.7 Å². The fourth-order valence-corrected chi connectivity index (χ4v) is 3.89. The standard InChI is InChI=1S/C20H18FN3O3/c21-14-2-4-16(22-12-14)13-1-3-15-17(11-13)23-18-5-6-20(26-9-10-27-20)7-8-24(18)19(15)25/h1-4,11-12H,5-10H2. The smallest absolute Gasteiger partial charge is 0.261 e. The van der Waals surface area contributed by atoms with Crippen LogP contribution in [0.15, 0.2) is 41.3 Å². The van der Waals surface area contributed by atoms with Gasteiger partial charge in [0.1, 0.15) is 11.6 Å². The van der Waals surface area contributed by atoms with E-state index in [0.717, 1.165) is 11.4 Å². The fraction of sp³-hybridized carbons (Fsp3) is 0.350. The highest BCUT2D eigenvalue weighted by molar-refractivity contribution is 5.83. The Morgan fingerprint density at radius 3 is 2.74 bits per heavy atom. The minimum Gasteiger partial charge on any atom is -0.347 e. The maximum atomic E-state index is 13.1. The van der Waals surface area contributed by atoms with E-state index in [2.05, 4.69) is 4.98 Å². The maximum Gasteiger partial charge on any atom is 0.261 e. The van der Waals surface area contributed by atoms with Crippen LogP contribution < -0.4 is 5.56 Å². The van der Waals surface area contributed by atoms with Crippen LogP contribution in [0.4, 0.5) is 4.39 Å². The van der Waals surface area contributed by atoms with Crippen molar-refractivity contribution in [1.29, 1.82) is 0 Å². The fourth-order valence-electron chi connectivity index (χ4n) is 3.89. The molecule has 6 nitrogen and oxygen atoms in total. The third-order valence-corrected chi connectivity index (χ3v) is 5.32. The summed E-state index contributed by atoms with van der Waals surface area (Å²) in [6.07, 6.45) is 3.12. The minimum atomic E-state index is -0.588. The Hall–Kier alpha value is -2.64. The van der Waals surface area contributed by atoms with Gasteiger partial charge in [-0.1, -0.05) is 6.07 Å². The van der Waals surface area contributed by atoms with Crippen molar-refractivity contribution in [1.82, 2.24) is 14.5 Å². The van der Waals surface area contributed by atoms with Gasteiger partial charge in [-0.3, -0.25) is 14.3 Å². The number of halogens is 1. The van der Waals surface area contributed by atoms with Crippen LogP contribution in [0.3, 0.4) is 0 Å². The molecule has 1 spiro atoms. The molecule has 0 saturated carbocycles. The predicted octanol–water partition coefficient (Wildman–Crippen LogP) is 2.68. The third kappa shape index (κ3) is 2.83. The van der Waals surface area contributed by atoms with E-state index < -0.39 is 5.79 Å². The summed E-state index contributed by atoms with van der Waals surface area (Å²) in [6.45, 7) is 1.71. The van der Waals surface area contributed by atoms with E-state index in [9.17, 15) is 9.18 Å². The zero-order valence-corrected chi connectivity index (χ0v) is 14.7. The molecule has 0 radical (unpaired) electrons. The van der Waals surface area contributed by atoms with Crippen molar-refractivity contribution in [3.8, 4) is 11.3 Å². The van der Waals surface area contributed by atoms with Crippen molar-refractivity contribution >= 4 is 10.9 Å². The van der Waals surface area contributed by atoms with E-state index in [1.165, 1.54) is 12.3 Å². The molecule has 7 heteroatoms. The minimum absolute atomic E-state index is 0.0522. The summed E-state index contributed by atoms with van der Waals surface area (Å²) in [5.41, 5.74) is 2.01. The van der Waals surface area contributed by atoms with Gasteiger partial charge in [0.2, 0.25) is 0 Å². The average molecular weight is 367 g/mol. The van der Waals surface area contributed by atoms with Gasteiger partial charge in [0.25, 0.3) is 5.56 Å². The number of ether oxygens (including phenoxy) is 2. The van der Waals surface area contributed by atoms with Crippen LogP contribution in [0.25, 0.3) is 22.2 Å². The van der Waals surface area contributed by atoms with Crippen LogP contribution >= 0.6 is 0 Å². The molecule has 2 aliphatic heterocycles. The monoisotopic (exact) mass is 367 g/mol. The van der Waals surface area contributed by atoms with E-state index in [4.69, 9.17) is 14.5 Å². The first-order chi connectivity index (χ1) is 13.1. The number of benzene rings is 1. The molecular formula is C20H18FN3O3. The summed E-state index contributed by atoms with van der Waals surface area (Å²) < 4.78 is 26.5. The van der Waals surface area contributed by atoms with Crippen molar-refractivity contribution in [2.24, 2.45) is 0 Å². The zero-order chi connectivity index (χ0) is 18.4. The molecule has 1 fully saturated rings. The molecule has 3 aromatic rings. The molecule has 4 heterocycles. The third-order valence-electron chi connectivity index (χ3n) is 5.32. The second-order valence-electron chi connectivity index (χ2n) is 6.94. The normalized spacial score (nSPS) is 18.6. The number of nitrogens with zero attached hydrogens (tertiary/aromatic N) is 3. The lowest BCUT2D eigenvalue weighted by atomic mass is 10.1. The van der Waals surface area contributed by atoms with E-state index in [-0.39, 0.29) is 11.4 Å². The SMILES string of the molecule is O=c1c2ccc(-c3ccc(F)cn3)cc2nc2n1CCC1(CC2)OCCO1. The summed E-state index contributed by atoms with van der Waals surface area (Å²) in [5.74, 6) is -0.227. The molecular weight excluding hydrogens is 349 g/mol. The highest BCUT2D eigenvalue weighted by Gasteiger charge is 2.38. The number of pyridine rings is 1. The first-order valence-corrected chi connectivity index (χ1v) is 9.07. The Bertz CT molecular complexity index is 1070. The van der Waals surface area contributed by atoms with Gasteiger partial charge in [0, 0.05) is 31.4 Å². The zero-order valence-electron chi connectivity index (χ0n) is 14.7. The lowest BCUT2D eigenvalue weighted by molar-refractivity contribution is -0.165. The van der Waals surface area contributed by atoms with Gasteiger partial charge in [-0.2, -0.15) is 0 Å². The Kier molecular flexibility index (Phi) is 3.80. The molecule has 27 heavy (non-hydrogen) atoms. The lowest BCUT2D eigenvalue weighted by Crippen LogP contribution is -2.31. The number of aromatic nitrogens is 3. The molecule has 2 aromatic heterocycles. The van der Waals surface area contributed by atoms with Gasteiger partial charge < -0.3 is 9.47 Å². The average Bonchev–Trinajstić information content (AvgIpc) is 3.07. The van der Waals surface area contributed by atoms with Gasteiger partial charge in [-0.25, -0.2) is 9.37 Å². The number of hydrogen-bond acceptors (Lipinski definition) is 5. The van der Waals surface area contributed by atoms with Crippen LogP contribution in [-0.2, 0) is 22.4 Å². The van der Waals surface area contributed by atoms with Crippen LogP contribution in [0, 0.1) is 5.82 Å². The molecule has 1 aromatic carbocycles. The number of rotatable bonds is 1. The van der Waals surface area contributed by atoms with E-state index in [1.807, 2.05) is 12.1 Å². The Labute approximate surface area is 154 Å². The molecule has 0 amide bonds. The Morgan fingerprint density at radius 2 is 1.96 bits per heavy atom. The summed E-state index contributed by atoms with van der Waals surface area (Å²) in [4.78, 5) is 21.9. The molecule has 0 unspecified atom stereocenters. The second kappa shape index (κ2) is 6.21. The van der Waals surface area contributed by atoms with E-state index >= 15 is 0 Å². The summed E-state index contributed by atoms with van der Waals surface area (Å²) in [5, 5.41) is 0.564. The van der Waals surface area contributed by atoms with Gasteiger partial charge in [0.15, 0.2) is 5.79 Å². The van der Waals surface area contributed by atoms with Crippen molar-refractivity contribution in [3.05, 3.63) is 58.5 Å². The summed E-state index contributed by atoms with van der Waals surface area (Å²) in [6, 6.07) is 8.40. The molecule has 5 rings (SSSR count). The quantitative estimate of drug-likeness (QED) is 0.662. The Balaban J connectivity index is 1.58. The van der Waals surface area contributed by atoms with Crippen LogP contribution in [0.5, 0.6) is 0 Å².